The zero-order valence-corrected chi connectivity index (χ0v) is 11.8. The minimum Gasteiger partial charge on any atom is -0.493 e. The summed E-state index contributed by atoms with van der Waals surface area (Å²) in [6.07, 6.45) is -2.26. The summed E-state index contributed by atoms with van der Waals surface area (Å²) in [4.78, 5) is 12.4. The van der Waals surface area contributed by atoms with Crippen molar-refractivity contribution in [3.05, 3.63) is 29.3 Å². The fourth-order valence-electron chi connectivity index (χ4n) is 2.33. The number of halogens is 3. The van der Waals surface area contributed by atoms with E-state index < -0.39 is 17.8 Å². The van der Waals surface area contributed by atoms with Gasteiger partial charge in [-0.25, -0.2) is 0 Å². The van der Waals surface area contributed by atoms with Crippen LogP contribution in [0.25, 0.3) is 0 Å². The van der Waals surface area contributed by atoms with Crippen LogP contribution in [0.1, 0.15) is 42.1 Å². The largest absolute Gasteiger partial charge is 0.493 e. The predicted octanol–water partition coefficient (Wildman–Crippen LogP) is 3.43. The van der Waals surface area contributed by atoms with Gasteiger partial charge in [-0.1, -0.05) is 6.92 Å². The highest BCUT2D eigenvalue weighted by Gasteiger charge is 2.33. The maximum Gasteiger partial charge on any atom is 0.416 e. The summed E-state index contributed by atoms with van der Waals surface area (Å²) in [6.45, 7) is 2.97. The van der Waals surface area contributed by atoms with E-state index in [9.17, 15) is 18.0 Å². The molecule has 1 aromatic rings. The third-order valence-electron chi connectivity index (χ3n) is 3.41. The predicted molar refractivity (Wildman–Crippen MR) is 72.6 cm³/mol. The lowest BCUT2D eigenvalue weighted by Crippen LogP contribution is -2.31. The van der Waals surface area contributed by atoms with Crippen LogP contribution in [0.15, 0.2) is 18.2 Å². The summed E-state index contributed by atoms with van der Waals surface area (Å²) < 4.78 is 43.9. The van der Waals surface area contributed by atoms with E-state index >= 15 is 0 Å². The van der Waals surface area contributed by atoms with Gasteiger partial charge in [0.05, 0.1) is 23.8 Å². The number of nitrogens with one attached hydrogen (secondary N) is 1. The normalized spacial score (nSPS) is 18.8. The van der Waals surface area contributed by atoms with E-state index in [4.69, 9.17) is 4.74 Å². The molecule has 6 heteroatoms. The van der Waals surface area contributed by atoms with Gasteiger partial charge in [-0.2, -0.15) is 13.2 Å². The van der Waals surface area contributed by atoms with E-state index in [0.717, 1.165) is 25.0 Å². The van der Waals surface area contributed by atoms with Crippen LogP contribution in [0, 0.1) is 0 Å². The van der Waals surface area contributed by atoms with E-state index in [2.05, 4.69) is 5.32 Å². The molecular formula is C15H18F3NO2. The van der Waals surface area contributed by atoms with Gasteiger partial charge >= 0.3 is 6.18 Å². The van der Waals surface area contributed by atoms with Crippen LogP contribution in [0.4, 0.5) is 13.2 Å². The standard InChI is InChI=1S/C15H18F3NO2/c1-2-8-21-13-6-5-10(15(16,17)18)9-11(13)14(20)12-4-3-7-19-12/h5-6,9,12,19H,2-4,7-8H2,1H3. The smallest absolute Gasteiger partial charge is 0.416 e. The number of alkyl halides is 3. The first-order valence-corrected chi connectivity index (χ1v) is 7.05. The Hall–Kier alpha value is -1.56. The summed E-state index contributed by atoms with van der Waals surface area (Å²) in [7, 11) is 0. The molecule has 21 heavy (non-hydrogen) atoms. The molecular weight excluding hydrogens is 283 g/mol. The summed E-state index contributed by atoms with van der Waals surface area (Å²) in [6, 6.07) is 2.66. The van der Waals surface area contributed by atoms with Gasteiger partial charge in [-0.3, -0.25) is 4.79 Å². The van der Waals surface area contributed by atoms with E-state index in [-0.39, 0.29) is 17.1 Å². The van der Waals surface area contributed by atoms with Gasteiger partial charge in [0.15, 0.2) is 5.78 Å². The SMILES string of the molecule is CCCOc1ccc(C(F)(F)F)cc1C(=O)C1CCCN1. The molecule has 1 fully saturated rings. The van der Waals surface area contributed by atoms with Crippen LogP contribution in [0.3, 0.4) is 0 Å². The van der Waals surface area contributed by atoms with Gasteiger partial charge in [0.25, 0.3) is 0 Å². The lowest BCUT2D eigenvalue weighted by molar-refractivity contribution is -0.137. The van der Waals surface area contributed by atoms with Crippen molar-refractivity contribution >= 4 is 5.78 Å². The first kappa shape index (κ1) is 15.8. The molecule has 1 aromatic carbocycles. The average molecular weight is 301 g/mol. The molecule has 116 valence electrons. The van der Waals surface area contributed by atoms with Gasteiger partial charge in [-0.15, -0.1) is 0 Å². The maximum atomic E-state index is 12.8. The third kappa shape index (κ3) is 3.75. The number of benzene rings is 1. The number of hydrogen-bond donors (Lipinski definition) is 1. The molecule has 0 bridgehead atoms. The van der Waals surface area contributed by atoms with Crippen molar-refractivity contribution in [3.63, 3.8) is 0 Å². The number of ketones is 1. The minimum atomic E-state index is -4.47. The molecule has 0 amide bonds. The van der Waals surface area contributed by atoms with Gasteiger partial charge in [0, 0.05) is 0 Å². The van der Waals surface area contributed by atoms with Crippen LogP contribution in [-0.2, 0) is 6.18 Å². The molecule has 0 aromatic heterocycles. The van der Waals surface area contributed by atoms with Crippen molar-refractivity contribution in [3.8, 4) is 5.75 Å². The van der Waals surface area contributed by atoms with Crippen LogP contribution < -0.4 is 10.1 Å². The van der Waals surface area contributed by atoms with E-state index in [1.54, 1.807) is 0 Å². The molecule has 0 aliphatic carbocycles. The molecule has 0 radical (unpaired) electrons. The van der Waals surface area contributed by atoms with Gasteiger partial charge in [-0.05, 0) is 44.0 Å². The summed E-state index contributed by atoms with van der Waals surface area (Å²) in [5.41, 5.74) is -0.814. The molecule has 3 nitrogen and oxygen atoms in total. The molecule has 1 heterocycles. The molecule has 1 aliphatic rings. The first-order valence-electron chi connectivity index (χ1n) is 7.05. The Morgan fingerprint density at radius 2 is 2.19 bits per heavy atom. The quantitative estimate of drug-likeness (QED) is 0.847. The van der Waals surface area contributed by atoms with Crippen molar-refractivity contribution in [2.24, 2.45) is 0 Å². The number of ether oxygens (including phenoxy) is 1. The molecule has 0 spiro atoms. The Balaban J connectivity index is 2.34. The van der Waals surface area contributed by atoms with E-state index in [0.29, 0.717) is 19.6 Å². The van der Waals surface area contributed by atoms with Gasteiger partial charge in [0.1, 0.15) is 5.75 Å². The highest BCUT2D eigenvalue weighted by molar-refractivity contribution is 6.02. The average Bonchev–Trinajstić information content (AvgIpc) is 2.97. The Labute approximate surface area is 121 Å². The molecule has 1 unspecified atom stereocenters. The van der Waals surface area contributed by atoms with E-state index in [1.165, 1.54) is 6.07 Å². The van der Waals surface area contributed by atoms with Crippen LogP contribution in [0.5, 0.6) is 5.75 Å². The first-order chi connectivity index (χ1) is 9.93. The highest BCUT2D eigenvalue weighted by Crippen LogP contribution is 2.33. The van der Waals surface area contributed by atoms with E-state index in [1.807, 2.05) is 6.92 Å². The number of rotatable bonds is 5. The number of hydrogen-bond acceptors (Lipinski definition) is 3. The van der Waals surface area contributed by atoms with Crippen molar-refractivity contribution in [1.29, 1.82) is 0 Å². The summed E-state index contributed by atoms with van der Waals surface area (Å²) in [5, 5.41) is 3.01. The Kier molecular flexibility index (Phi) is 4.88. The Morgan fingerprint density at radius 1 is 1.43 bits per heavy atom. The number of carbonyl (C=O) groups is 1. The van der Waals surface area contributed by atoms with Crippen molar-refractivity contribution in [2.75, 3.05) is 13.2 Å². The number of Topliss-reactive ketones (excluding diaryl/α,β-unsaturated/α-hetero) is 1. The van der Waals surface area contributed by atoms with Crippen LogP contribution >= 0.6 is 0 Å². The van der Waals surface area contributed by atoms with Crippen LogP contribution in [-0.4, -0.2) is 25.0 Å². The summed E-state index contributed by atoms with van der Waals surface area (Å²) in [5.74, 6) is -0.103. The number of carbonyl (C=O) groups excluding carboxylic acids is 1. The maximum absolute atomic E-state index is 12.8. The lowest BCUT2D eigenvalue weighted by Gasteiger charge is -2.16. The van der Waals surface area contributed by atoms with Crippen molar-refractivity contribution < 1.29 is 22.7 Å². The second kappa shape index (κ2) is 6.47. The Bertz CT molecular complexity index is 508. The lowest BCUT2D eigenvalue weighted by atomic mass is 9.99. The summed E-state index contributed by atoms with van der Waals surface area (Å²) >= 11 is 0. The van der Waals surface area contributed by atoms with Crippen molar-refractivity contribution in [2.45, 2.75) is 38.4 Å². The molecule has 1 N–H and O–H groups in total. The zero-order chi connectivity index (χ0) is 15.5. The Morgan fingerprint density at radius 3 is 2.76 bits per heavy atom. The zero-order valence-electron chi connectivity index (χ0n) is 11.8. The molecule has 1 aliphatic heterocycles. The monoisotopic (exact) mass is 301 g/mol. The molecule has 1 atom stereocenters. The van der Waals surface area contributed by atoms with Crippen molar-refractivity contribution in [1.82, 2.24) is 5.32 Å². The molecule has 0 saturated carbocycles. The fourth-order valence-corrected chi connectivity index (χ4v) is 2.33. The second-order valence-corrected chi connectivity index (χ2v) is 5.07. The topological polar surface area (TPSA) is 38.3 Å². The third-order valence-corrected chi connectivity index (χ3v) is 3.41. The molecule has 1 saturated heterocycles. The minimum absolute atomic E-state index is 0.0117. The van der Waals surface area contributed by atoms with Gasteiger partial charge in [0.2, 0.25) is 0 Å². The van der Waals surface area contributed by atoms with Crippen LogP contribution in [0.2, 0.25) is 0 Å². The van der Waals surface area contributed by atoms with Gasteiger partial charge < -0.3 is 10.1 Å². The second-order valence-electron chi connectivity index (χ2n) is 5.07. The molecule has 2 rings (SSSR count). The highest BCUT2D eigenvalue weighted by atomic mass is 19.4. The fraction of sp³-hybridized carbons (Fsp3) is 0.533.